The number of piperidine rings is 1. The Kier molecular flexibility index (Phi) is 4.42. The molecular weight excluding hydrogens is 338 g/mol. The molecule has 1 N–H and O–H groups in total. The van der Waals surface area contributed by atoms with Crippen LogP contribution >= 0.6 is 0 Å². The molecule has 140 valence electrons. The quantitative estimate of drug-likeness (QED) is 0.826. The number of rotatable bonds is 1. The van der Waals surface area contributed by atoms with Gasteiger partial charge in [0.1, 0.15) is 17.0 Å². The molecule has 2 aliphatic rings. The fourth-order valence-corrected chi connectivity index (χ4v) is 3.33. The Labute approximate surface area is 151 Å². The Morgan fingerprint density at radius 2 is 1.88 bits per heavy atom. The number of benzene rings is 1. The molecule has 2 heterocycles. The SMILES string of the molecule is CC(C)(C)OC(=O)N1CCC2(CC1)CC(=O)c1cc(C(=O)O)ccc1O2. The van der Waals surface area contributed by atoms with Crippen LogP contribution in [-0.2, 0) is 4.74 Å². The van der Waals surface area contributed by atoms with Gasteiger partial charge in [-0.25, -0.2) is 9.59 Å². The molecule has 2 aliphatic heterocycles. The van der Waals surface area contributed by atoms with Crippen LogP contribution in [-0.4, -0.2) is 52.1 Å². The molecule has 1 saturated heterocycles. The van der Waals surface area contributed by atoms with Crippen LogP contribution in [0.4, 0.5) is 4.79 Å². The van der Waals surface area contributed by atoms with Gasteiger partial charge in [-0.1, -0.05) is 0 Å². The Morgan fingerprint density at radius 1 is 1.23 bits per heavy atom. The topological polar surface area (TPSA) is 93.1 Å². The van der Waals surface area contributed by atoms with Crippen molar-refractivity contribution in [2.24, 2.45) is 0 Å². The molecule has 3 rings (SSSR count). The van der Waals surface area contributed by atoms with Gasteiger partial charge in [0.05, 0.1) is 17.5 Å². The van der Waals surface area contributed by atoms with E-state index in [2.05, 4.69) is 0 Å². The van der Waals surface area contributed by atoms with E-state index in [-0.39, 0.29) is 23.9 Å². The third-order valence-corrected chi connectivity index (χ3v) is 4.66. The summed E-state index contributed by atoms with van der Waals surface area (Å²) in [6.45, 7) is 6.36. The van der Waals surface area contributed by atoms with Crippen LogP contribution in [0.25, 0.3) is 0 Å². The molecule has 1 fully saturated rings. The number of ketones is 1. The summed E-state index contributed by atoms with van der Waals surface area (Å²) >= 11 is 0. The van der Waals surface area contributed by atoms with Crippen molar-refractivity contribution in [3.63, 3.8) is 0 Å². The van der Waals surface area contributed by atoms with Crippen LogP contribution in [0, 0.1) is 0 Å². The molecule has 0 bridgehead atoms. The molecule has 7 heteroatoms. The number of hydrogen-bond acceptors (Lipinski definition) is 5. The highest BCUT2D eigenvalue weighted by atomic mass is 16.6. The second-order valence-corrected chi connectivity index (χ2v) is 7.87. The van der Waals surface area contributed by atoms with Gasteiger partial charge in [-0.2, -0.15) is 0 Å². The smallest absolute Gasteiger partial charge is 0.410 e. The van der Waals surface area contributed by atoms with E-state index in [9.17, 15) is 14.4 Å². The summed E-state index contributed by atoms with van der Waals surface area (Å²) in [5.41, 5.74) is -0.820. The van der Waals surface area contributed by atoms with Gasteiger partial charge in [-0.05, 0) is 39.0 Å². The van der Waals surface area contributed by atoms with Gasteiger partial charge in [0, 0.05) is 25.9 Å². The van der Waals surface area contributed by atoms with E-state index < -0.39 is 17.2 Å². The highest BCUT2D eigenvalue weighted by molar-refractivity contribution is 6.02. The molecule has 0 saturated carbocycles. The fraction of sp³-hybridized carbons (Fsp3) is 0.526. The van der Waals surface area contributed by atoms with Crippen LogP contribution in [0.15, 0.2) is 18.2 Å². The van der Waals surface area contributed by atoms with Crippen molar-refractivity contribution >= 4 is 17.8 Å². The summed E-state index contributed by atoms with van der Waals surface area (Å²) in [6.07, 6.45) is 0.877. The average Bonchev–Trinajstić information content (AvgIpc) is 2.53. The average molecular weight is 361 g/mol. The zero-order valence-corrected chi connectivity index (χ0v) is 15.2. The summed E-state index contributed by atoms with van der Waals surface area (Å²) in [5.74, 6) is -0.788. The Balaban J connectivity index is 1.71. The second-order valence-electron chi connectivity index (χ2n) is 7.87. The van der Waals surface area contributed by atoms with Crippen LogP contribution in [0.1, 0.15) is 60.7 Å². The zero-order valence-electron chi connectivity index (χ0n) is 15.2. The third-order valence-electron chi connectivity index (χ3n) is 4.66. The Hall–Kier alpha value is -2.57. The number of carboxylic acids is 1. The number of hydrogen-bond donors (Lipinski definition) is 1. The first-order valence-electron chi connectivity index (χ1n) is 8.66. The van der Waals surface area contributed by atoms with Crippen molar-refractivity contribution in [3.05, 3.63) is 29.3 Å². The number of Topliss-reactive ketones (excluding diaryl/α,β-unsaturated/α-hetero) is 1. The van der Waals surface area contributed by atoms with Gasteiger partial charge in [0.15, 0.2) is 5.78 Å². The molecule has 1 aromatic rings. The molecule has 26 heavy (non-hydrogen) atoms. The minimum Gasteiger partial charge on any atom is -0.486 e. The number of ether oxygens (including phenoxy) is 2. The van der Waals surface area contributed by atoms with E-state index in [4.69, 9.17) is 14.6 Å². The van der Waals surface area contributed by atoms with Crippen molar-refractivity contribution in [3.8, 4) is 5.75 Å². The first-order valence-corrected chi connectivity index (χ1v) is 8.66. The summed E-state index contributed by atoms with van der Waals surface area (Å²) in [5, 5.41) is 9.08. The van der Waals surface area contributed by atoms with E-state index in [0.717, 1.165) is 0 Å². The molecule has 7 nitrogen and oxygen atoms in total. The maximum Gasteiger partial charge on any atom is 0.410 e. The lowest BCUT2D eigenvalue weighted by atomic mass is 9.82. The number of carbonyl (C=O) groups excluding carboxylic acids is 2. The van der Waals surface area contributed by atoms with Crippen molar-refractivity contribution in [2.45, 2.75) is 51.2 Å². The number of carbonyl (C=O) groups is 3. The maximum atomic E-state index is 12.6. The predicted octanol–water partition coefficient (Wildman–Crippen LogP) is 3.12. The highest BCUT2D eigenvalue weighted by Crippen LogP contribution is 2.39. The largest absolute Gasteiger partial charge is 0.486 e. The molecule has 0 atom stereocenters. The summed E-state index contributed by atoms with van der Waals surface area (Å²) in [6, 6.07) is 4.34. The van der Waals surface area contributed by atoms with Gasteiger partial charge in [0.25, 0.3) is 0 Å². The second kappa shape index (κ2) is 6.30. The van der Waals surface area contributed by atoms with Crippen LogP contribution in [0.3, 0.4) is 0 Å². The fourth-order valence-electron chi connectivity index (χ4n) is 3.33. The van der Waals surface area contributed by atoms with E-state index in [0.29, 0.717) is 37.2 Å². The Bertz CT molecular complexity index is 756. The van der Waals surface area contributed by atoms with Gasteiger partial charge >= 0.3 is 12.1 Å². The Morgan fingerprint density at radius 3 is 2.46 bits per heavy atom. The molecule has 0 aliphatic carbocycles. The molecule has 1 aromatic carbocycles. The van der Waals surface area contributed by atoms with Gasteiger partial charge in [-0.15, -0.1) is 0 Å². The monoisotopic (exact) mass is 361 g/mol. The van der Waals surface area contributed by atoms with Crippen LogP contribution in [0.2, 0.25) is 0 Å². The first kappa shape index (κ1) is 18.2. The minimum atomic E-state index is -1.08. The van der Waals surface area contributed by atoms with E-state index in [1.54, 1.807) is 4.90 Å². The lowest BCUT2D eigenvalue weighted by molar-refractivity contribution is -0.0226. The van der Waals surface area contributed by atoms with E-state index >= 15 is 0 Å². The van der Waals surface area contributed by atoms with Crippen molar-refractivity contribution in [1.29, 1.82) is 0 Å². The van der Waals surface area contributed by atoms with Gasteiger partial charge < -0.3 is 19.5 Å². The maximum absolute atomic E-state index is 12.6. The molecule has 0 aromatic heterocycles. The number of aromatic carboxylic acids is 1. The van der Waals surface area contributed by atoms with Crippen molar-refractivity contribution in [2.75, 3.05) is 13.1 Å². The highest BCUT2D eigenvalue weighted by Gasteiger charge is 2.44. The molecule has 0 unspecified atom stereocenters. The normalized spacial score (nSPS) is 18.9. The summed E-state index contributed by atoms with van der Waals surface area (Å²) in [4.78, 5) is 37.5. The van der Waals surface area contributed by atoms with E-state index in [1.807, 2.05) is 20.8 Å². The standard InChI is InChI=1S/C19H23NO6/c1-18(2,3)26-17(24)20-8-6-19(7-9-20)11-14(21)13-10-12(16(22)23)4-5-15(13)25-19/h4-5,10H,6-9,11H2,1-3H3,(H,22,23). The number of amides is 1. The minimum absolute atomic E-state index is 0.0661. The lowest BCUT2D eigenvalue weighted by Gasteiger charge is -2.44. The van der Waals surface area contributed by atoms with Crippen LogP contribution < -0.4 is 4.74 Å². The molecule has 0 radical (unpaired) electrons. The number of likely N-dealkylation sites (tertiary alicyclic amines) is 1. The predicted molar refractivity (Wildman–Crippen MR) is 92.7 cm³/mol. The molecule has 1 spiro atoms. The van der Waals surface area contributed by atoms with Gasteiger partial charge in [-0.3, -0.25) is 4.79 Å². The van der Waals surface area contributed by atoms with Crippen LogP contribution in [0.5, 0.6) is 5.75 Å². The van der Waals surface area contributed by atoms with Crippen molar-refractivity contribution < 1.29 is 29.0 Å². The summed E-state index contributed by atoms with van der Waals surface area (Å²) < 4.78 is 11.5. The summed E-state index contributed by atoms with van der Waals surface area (Å²) in [7, 11) is 0. The number of nitrogens with zero attached hydrogens (tertiary/aromatic N) is 1. The van der Waals surface area contributed by atoms with Crippen molar-refractivity contribution in [1.82, 2.24) is 4.90 Å². The zero-order chi connectivity index (χ0) is 19.1. The first-order chi connectivity index (χ1) is 12.1. The lowest BCUT2D eigenvalue weighted by Crippen LogP contribution is -2.53. The third kappa shape index (κ3) is 3.66. The van der Waals surface area contributed by atoms with Gasteiger partial charge in [0.2, 0.25) is 0 Å². The van der Waals surface area contributed by atoms with E-state index in [1.165, 1.54) is 18.2 Å². The molecule has 1 amide bonds. The number of carboxylic acid groups (broad SMARTS) is 1. The molecular formula is C19H23NO6. The number of fused-ring (bicyclic) bond motifs is 1.